The van der Waals surface area contributed by atoms with Gasteiger partial charge in [-0.1, -0.05) is 12.1 Å². The number of hydrogen-bond acceptors (Lipinski definition) is 3. The van der Waals surface area contributed by atoms with E-state index >= 15 is 0 Å². The van der Waals surface area contributed by atoms with Gasteiger partial charge in [-0.25, -0.2) is 0 Å². The van der Waals surface area contributed by atoms with Crippen molar-refractivity contribution >= 4 is 22.3 Å². The summed E-state index contributed by atoms with van der Waals surface area (Å²) in [6, 6.07) is 15.1. The van der Waals surface area contributed by atoms with Crippen LogP contribution in [0.3, 0.4) is 0 Å². The summed E-state index contributed by atoms with van der Waals surface area (Å²) in [6.45, 7) is 0.722. The predicted molar refractivity (Wildman–Crippen MR) is 77.3 cm³/mol. The van der Waals surface area contributed by atoms with Gasteiger partial charge in [0.15, 0.2) is 0 Å². The fraction of sp³-hybridized carbons (Fsp3) is 0.0667. The molecule has 0 amide bonds. The van der Waals surface area contributed by atoms with Crippen molar-refractivity contribution in [1.29, 1.82) is 0 Å². The zero-order valence-corrected chi connectivity index (χ0v) is 10.5. The third-order valence-corrected chi connectivity index (χ3v) is 3.68. The molecule has 0 aliphatic carbocycles. The molecule has 3 aromatic rings. The van der Waals surface area contributed by atoms with Crippen LogP contribution in [0.5, 0.6) is 0 Å². The molecule has 2 aromatic carbocycles. The van der Waals surface area contributed by atoms with Gasteiger partial charge >= 0.3 is 0 Å². The number of benzene rings is 2. The molecular weight excluding hydrogens is 254 g/mol. The maximum atomic E-state index is 10.9. The molecule has 0 radical (unpaired) electrons. The van der Waals surface area contributed by atoms with E-state index in [1.54, 1.807) is 12.1 Å². The summed E-state index contributed by atoms with van der Waals surface area (Å²) in [7, 11) is 0. The van der Waals surface area contributed by atoms with Gasteiger partial charge in [0.05, 0.1) is 28.4 Å². The third-order valence-electron chi connectivity index (χ3n) is 3.68. The highest BCUT2D eigenvalue weighted by Gasteiger charge is 2.19. The van der Waals surface area contributed by atoms with Crippen LogP contribution in [-0.4, -0.2) is 9.49 Å². The van der Waals surface area contributed by atoms with Crippen LogP contribution >= 0.6 is 0 Å². The number of rotatable bonds is 1. The molecule has 1 aliphatic heterocycles. The number of anilines is 1. The molecule has 2 heterocycles. The van der Waals surface area contributed by atoms with Gasteiger partial charge in [-0.15, -0.1) is 0 Å². The Balaban J connectivity index is 2.03. The number of para-hydroxylation sites is 2. The molecule has 5 nitrogen and oxygen atoms in total. The van der Waals surface area contributed by atoms with Crippen LogP contribution in [0.1, 0.15) is 5.69 Å². The third kappa shape index (κ3) is 1.43. The van der Waals surface area contributed by atoms with E-state index in [1.807, 2.05) is 36.4 Å². The van der Waals surface area contributed by atoms with E-state index < -0.39 is 0 Å². The van der Waals surface area contributed by atoms with E-state index in [0.717, 1.165) is 34.5 Å². The fourth-order valence-corrected chi connectivity index (χ4v) is 2.79. The topological polar surface area (TPSA) is 60.1 Å². The summed E-state index contributed by atoms with van der Waals surface area (Å²) >= 11 is 0. The van der Waals surface area contributed by atoms with Gasteiger partial charge in [-0.3, -0.25) is 10.1 Å². The Morgan fingerprint density at radius 1 is 1.15 bits per heavy atom. The Morgan fingerprint density at radius 3 is 2.85 bits per heavy atom. The molecule has 0 unspecified atom stereocenters. The first-order valence-corrected chi connectivity index (χ1v) is 6.36. The molecule has 0 bridgehead atoms. The van der Waals surface area contributed by atoms with Crippen LogP contribution in [0.25, 0.3) is 16.6 Å². The number of nitro benzene ring substituents is 1. The number of fused-ring (bicyclic) bond motifs is 5. The highest BCUT2D eigenvalue weighted by atomic mass is 16.6. The quantitative estimate of drug-likeness (QED) is 0.541. The van der Waals surface area contributed by atoms with Crippen molar-refractivity contribution in [2.75, 3.05) is 5.32 Å². The standard InChI is InChI=1S/C15H11N3O2/c19-18(20)11-5-6-14-10(7-11)8-12-9-16-13-3-1-2-4-15(13)17(12)14/h1-8,16H,9H2. The van der Waals surface area contributed by atoms with Crippen LogP contribution in [-0.2, 0) is 6.54 Å². The average Bonchev–Trinajstić information content (AvgIpc) is 2.85. The molecule has 0 saturated heterocycles. The normalized spacial score (nSPS) is 12.6. The van der Waals surface area contributed by atoms with Crippen LogP contribution in [0, 0.1) is 10.1 Å². The molecular formula is C15H11N3O2. The zero-order chi connectivity index (χ0) is 13.7. The maximum Gasteiger partial charge on any atom is 0.270 e. The number of nitrogens with zero attached hydrogens (tertiary/aromatic N) is 2. The molecule has 1 N–H and O–H groups in total. The molecule has 1 aromatic heterocycles. The zero-order valence-electron chi connectivity index (χ0n) is 10.5. The van der Waals surface area contributed by atoms with Gasteiger partial charge < -0.3 is 9.88 Å². The van der Waals surface area contributed by atoms with Gasteiger partial charge in [0.1, 0.15) is 0 Å². The summed E-state index contributed by atoms with van der Waals surface area (Å²) < 4.78 is 2.16. The second-order valence-electron chi connectivity index (χ2n) is 4.84. The second kappa shape index (κ2) is 3.84. The number of hydrogen-bond donors (Lipinski definition) is 1. The number of nitrogens with one attached hydrogen (secondary N) is 1. The summed E-state index contributed by atoms with van der Waals surface area (Å²) in [4.78, 5) is 10.5. The lowest BCUT2D eigenvalue weighted by Gasteiger charge is -2.21. The summed E-state index contributed by atoms with van der Waals surface area (Å²) in [5.41, 5.74) is 4.40. The second-order valence-corrected chi connectivity index (χ2v) is 4.84. The number of aromatic nitrogens is 1. The van der Waals surface area contributed by atoms with Crippen molar-refractivity contribution in [3.05, 3.63) is 64.3 Å². The van der Waals surface area contributed by atoms with E-state index in [4.69, 9.17) is 0 Å². The average molecular weight is 265 g/mol. The highest BCUT2D eigenvalue weighted by molar-refractivity contribution is 5.87. The van der Waals surface area contributed by atoms with E-state index in [1.165, 1.54) is 0 Å². The minimum absolute atomic E-state index is 0.127. The van der Waals surface area contributed by atoms with Gasteiger partial charge in [-0.2, -0.15) is 0 Å². The molecule has 0 spiro atoms. The maximum absolute atomic E-state index is 10.9. The van der Waals surface area contributed by atoms with Gasteiger partial charge in [0.25, 0.3) is 5.69 Å². The van der Waals surface area contributed by atoms with E-state index in [-0.39, 0.29) is 10.6 Å². The van der Waals surface area contributed by atoms with Crippen molar-refractivity contribution in [2.45, 2.75) is 6.54 Å². The summed E-state index contributed by atoms with van der Waals surface area (Å²) in [6.07, 6.45) is 0. The van der Waals surface area contributed by atoms with Crippen LogP contribution in [0.4, 0.5) is 11.4 Å². The number of nitro groups is 1. The smallest absolute Gasteiger partial charge is 0.270 e. The van der Waals surface area contributed by atoms with Crippen molar-refractivity contribution in [1.82, 2.24) is 4.57 Å². The lowest BCUT2D eigenvalue weighted by molar-refractivity contribution is -0.384. The van der Waals surface area contributed by atoms with Crippen molar-refractivity contribution in [3.63, 3.8) is 0 Å². The number of non-ortho nitro benzene ring substituents is 1. The van der Waals surface area contributed by atoms with E-state index in [0.29, 0.717) is 0 Å². The van der Waals surface area contributed by atoms with Gasteiger partial charge in [-0.05, 0) is 24.3 Å². The molecule has 0 atom stereocenters. The molecule has 98 valence electrons. The Kier molecular flexibility index (Phi) is 2.12. The van der Waals surface area contributed by atoms with Crippen molar-refractivity contribution in [2.24, 2.45) is 0 Å². The van der Waals surface area contributed by atoms with Crippen LogP contribution in [0.15, 0.2) is 48.5 Å². The molecule has 0 fully saturated rings. The van der Waals surface area contributed by atoms with Gasteiger partial charge in [0.2, 0.25) is 0 Å². The largest absolute Gasteiger partial charge is 0.378 e. The fourth-order valence-electron chi connectivity index (χ4n) is 2.79. The Hall–Kier alpha value is -2.82. The highest BCUT2D eigenvalue weighted by Crippen LogP contribution is 2.34. The minimum atomic E-state index is -0.359. The minimum Gasteiger partial charge on any atom is -0.378 e. The molecule has 4 rings (SSSR count). The van der Waals surface area contributed by atoms with Gasteiger partial charge in [0, 0.05) is 23.2 Å². The summed E-state index contributed by atoms with van der Waals surface area (Å²) in [5.74, 6) is 0. The summed E-state index contributed by atoms with van der Waals surface area (Å²) in [5, 5.41) is 15.1. The van der Waals surface area contributed by atoms with E-state index in [2.05, 4.69) is 9.88 Å². The molecule has 20 heavy (non-hydrogen) atoms. The van der Waals surface area contributed by atoms with Crippen LogP contribution < -0.4 is 5.32 Å². The Labute approximate surface area is 114 Å². The van der Waals surface area contributed by atoms with Crippen LogP contribution in [0.2, 0.25) is 0 Å². The van der Waals surface area contributed by atoms with Crippen molar-refractivity contribution in [3.8, 4) is 5.69 Å². The first-order valence-electron chi connectivity index (χ1n) is 6.36. The monoisotopic (exact) mass is 265 g/mol. The van der Waals surface area contributed by atoms with Crippen molar-refractivity contribution < 1.29 is 4.92 Å². The first-order chi connectivity index (χ1) is 9.74. The molecule has 0 saturated carbocycles. The van der Waals surface area contributed by atoms with E-state index in [9.17, 15) is 10.1 Å². The SMILES string of the molecule is O=[N+]([O-])c1ccc2c(c1)cc1n2-c2ccccc2NC1. The first kappa shape index (κ1) is 11.0. The lowest BCUT2D eigenvalue weighted by atomic mass is 10.2. The predicted octanol–water partition coefficient (Wildman–Crippen LogP) is 3.46. The molecule has 1 aliphatic rings. The Bertz CT molecular complexity index is 851. The lowest BCUT2D eigenvalue weighted by Crippen LogP contribution is -2.14. The Morgan fingerprint density at radius 2 is 2.00 bits per heavy atom. The molecule has 5 heteroatoms.